The molecule has 1 aliphatic heterocycles. The molecule has 0 atom stereocenters. The first-order chi connectivity index (χ1) is 13.2. The Labute approximate surface area is 162 Å². The van der Waals surface area contributed by atoms with Crippen molar-refractivity contribution in [1.82, 2.24) is 4.90 Å². The molecule has 0 bridgehead atoms. The molecule has 1 saturated heterocycles. The Morgan fingerprint density at radius 1 is 1.00 bits per heavy atom. The molecule has 0 spiro atoms. The molecule has 28 heavy (non-hydrogen) atoms. The van der Waals surface area contributed by atoms with Crippen molar-refractivity contribution in [2.45, 2.75) is 20.0 Å². The second-order valence-corrected chi connectivity index (χ2v) is 7.13. The average molecular weight is 391 g/mol. The molecule has 0 saturated carbocycles. The third kappa shape index (κ3) is 4.84. The fourth-order valence-corrected chi connectivity index (χ4v) is 3.44. The van der Waals surface area contributed by atoms with Crippen LogP contribution in [0.15, 0.2) is 42.5 Å². The van der Waals surface area contributed by atoms with Crippen LogP contribution in [-0.4, -0.2) is 43.5 Å². The molecule has 4 nitrogen and oxygen atoms in total. The van der Waals surface area contributed by atoms with Crippen molar-refractivity contribution in [1.29, 1.82) is 0 Å². The Bertz CT molecular complexity index is 823. The summed E-state index contributed by atoms with van der Waals surface area (Å²) in [7, 11) is 0. The van der Waals surface area contributed by atoms with Gasteiger partial charge in [0.1, 0.15) is 0 Å². The number of hydrogen-bond acceptors (Lipinski definition) is 3. The first-order valence-corrected chi connectivity index (χ1v) is 9.24. The first-order valence-electron chi connectivity index (χ1n) is 9.24. The smallest absolute Gasteiger partial charge is 0.369 e. The van der Waals surface area contributed by atoms with Crippen molar-refractivity contribution in [3.8, 4) is 0 Å². The van der Waals surface area contributed by atoms with Gasteiger partial charge in [0.15, 0.2) is 0 Å². The second kappa shape index (κ2) is 8.22. The average Bonchev–Trinajstić information content (AvgIpc) is 2.65. The van der Waals surface area contributed by atoms with Crippen LogP contribution in [0.25, 0.3) is 0 Å². The molecule has 1 fully saturated rings. The third-order valence-corrected chi connectivity index (χ3v) is 5.02. The summed E-state index contributed by atoms with van der Waals surface area (Å²) in [5.74, 6) is -0.0788. The van der Waals surface area contributed by atoms with Crippen LogP contribution in [0.1, 0.15) is 16.7 Å². The number of rotatable bonds is 4. The van der Waals surface area contributed by atoms with Crippen LogP contribution in [0.5, 0.6) is 0 Å². The van der Waals surface area contributed by atoms with Crippen molar-refractivity contribution in [2.75, 3.05) is 42.9 Å². The Hall–Kier alpha value is -2.54. The van der Waals surface area contributed by atoms with Gasteiger partial charge in [0, 0.05) is 37.6 Å². The maximum absolute atomic E-state index is 12.9. The minimum absolute atomic E-state index is 0.0788. The quantitative estimate of drug-likeness (QED) is 0.853. The molecule has 2 aromatic rings. The standard InChI is InChI=1S/C21H24F3N3O/c1-15-5-3-6-16(2)20(15)25-19(28)14-26-9-11-27(12-10-26)18-8-4-7-17(13-18)21(22,23)24/h3-8,13H,9-12,14H2,1-2H3,(H,25,28). The van der Waals surface area contributed by atoms with Gasteiger partial charge >= 0.3 is 6.18 Å². The van der Waals surface area contributed by atoms with E-state index in [2.05, 4.69) is 5.32 Å². The number of aryl methyl sites for hydroxylation is 2. The number of para-hydroxylation sites is 1. The number of piperazine rings is 1. The van der Waals surface area contributed by atoms with E-state index in [0.717, 1.165) is 22.9 Å². The van der Waals surface area contributed by atoms with E-state index in [-0.39, 0.29) is 12.5 Å². The first kappa shape index (κ1) is 20.2. The molecular formula is C21H24F3N3O. The maximum Gasteiger partial charge on any atom is 0.416 e. The van der Waals surface area contributed by atoms with Crippen LogP contribution in [0.2, 0.25) is 0 Å². The van der Waals surface area contributed by atoms with Gasteiger partial charge in [0.05, 0.1) is 12.1 Å². The zero-order valence-corrected chi connectivity index (χ0v) is 16.0. The summed E-state index contributed by atoms with van der Waals surface area (Å²) >= 11 is 0. The predicted octanol–water partition coefficient (Wildman–Crippen LogP) is 4.08. The summed E-state index contributed by atoms with van der Waals surface area (Å²) < 4.78 is 38.7. The van der Waals surface area contributed by atoms with Gasteiger partial charge in [-0.05, 0) is 43.2 Å². The number of anilines is 2. The van der Waals surface area contributed by atoms with Crippen LogP contribution in [-0.2, 0) is 11.0 Å². The molecule has 1 N–H and O–H groups in total. The number of carbonyl (C=O) groups excluding carboxylic acids is 1. The molecule has 3 rings (SSSR count). The van der Waals surface area contributed by atoms with Gasteiger partial charge in [-0.3, -0.25) is 9.69 Å². The molecule has 150 valence electrons. The summed E-state index contributed by atoms with van der Waals surface area (Å²) in [6.07, 6.45) is -4.34. The van der Waals surface area contributed by atoms with Crippen molar-refractivity contribution in [3.05, 3.63) is 59.2 Å². The van der Waals surface area contributed by atoms with E-state index in [4.69, 9.17) is 0 Å². The molecule has 0 radical (unpaired) electrons. The van der Waals surface area contributed by atoms with Crippen LogP contribution in [0.4, 0.5) is 24.5 Å². The summed E-state index contributed by atoms with van der Waals surface area (Å²) in [4.78, 5) is 16.3. The Morgan fingerprint density at radius 3 is 2.21 bits per heavy atom. The lowest BCUT2D eigenvalue weighted by molar-refractivity contribution is -0.137. The number of nitrogens with zero attached hydrogens (tertiary/aromatic N) is 2. The fraction of sp³-hybridized carbons (Fsp3) is 0.381. The highest BCUT2D eigenvalue weighted by Gasteiger charge is 2.31. The van der Waals surface area contributed by atoms with Crippen molar-refractivity contribution >= 4 is 17.3 Å². The molecule has 1 aliphatic rings. The molecule has 1 heterocycles. The van der Waals surface area contributed by atoms with Gasteiger partial charge in [-0.25, -0.2) is 0 Å². The Morgan fingerprint density at radius 2 is 1.61 bits per heavy atom. The van der Waals surface area contributed by atoms with E-state index in [0.29, 0.717) is 31.9 Å². The molecule has 1 amide bonds. The highest BCUT2D eigenvalue weighted by molar-refractivity contribution is 5.93. The number of alkyl halides is 3. The predicted molar refractivity (Wildman–Crippen MR) is 105 cm³/mol. The van der Waals surface area contributed by atoms with E-state index >= 15 is 0 Å². The van der Waals surface area contributed by atoms with Crippen LogP contribution in [0.3, 0.4) is 0 Å². The lowest BCUT2D eigenvalue weighted by Gasteiger charge is -2.36. The number of carbonyl (C=O) groups is 1. The summed E-state index contributed by atoms with van der Waals surface area (Å²) in [6, 6.07) is 11.3. The molecular weight excluding hydrogens is 367 g/mol. The van der Waals surface area contributed by atoms with E-state index in [9.17, 15) is 18.0 Å². The van der Waals surface area contributed by atoms with Gasteiger partial charge in [0.25, 0.3) is 0 Å². The lowest BCUT2D eigenvalue weighted by atomic mass is 10.1. The van der Waals surface area contributed by atoms with Gasteiger partial charge in [-0.15, -0.1) is 0 Å². The zero-order valence-electron chi connectivity index (χ0n) is 16.0. The normalized spacial score (nSPS) is 15.5. The van der Waals surface area contributed by atoms with Gasteiger partial charge in [-0.2, -0.15) is 13.2 Å². The topological polar surface area (TPSA) is 35.6 Å². The molecule has 0 unspecified atom stereocenters. The van der Waals surface area contributed by atoms with Crippen LogP contribution >= 0.6 is 0 Å². The maximum atomic E-state index is 12.9. The number of nitrogens with one attached hydrogen (secondary N) is 1. The highest BCUT2D eigenvalue weighted by atomic mass is 19.4. The van der Waals surface area contributed by atoms with E-state index in [1.807, 2.05) is 41.8 Å². The summed E-state index contributed by atoms with van der Waals surface area (Å²) in [5.41, 5.74) is 2.80. The second-order valence-electron chi connectivity index (χ2n) is 7.13. The minimum atomic E-state index is -4.34. The molecule has 2 aromatic carbocycles. The third-order valence-electron chi connectivity index (χ3n) is 5.02. The monoisotopic (exact) mass is 391 g/mol. The Kier molecular flexibility index (Phi) is 5.93. The van der Waals surface area contributed by atoms with Crippen molar-refractivity contribution < 1.29 is 18.0 Å². The molecule has 0 aliphatic carbocycles. The number of halogens is 3. The minimum Gasteiger partial charge on any atom is -0.369 e. The van der Waals surface area contributed by atoms with E-state index < -0.39 is 11.7 Å². The summed E-state index contributed by atoms with van der Waals surface area (Å²) in [6.45, 7) is 6.58. The Balaban J connectivity index is 1.55. The van der Waals surface area contributed by atoms with Crippen LogP contribution in [0, 0.1) is 13.8 Å². The molecule has 0 aromatic heterocycles. The SMILES string of the molecule is Cc1cccc(C)c1NC(=O)CN1CCN(c2cccc(C(F)(F)F)c2)CC1. The van der Waals surface area contributed by atoms with Crippen molar-refractivity contribution in [3.63, 3.8) is 0 Å². The van der Waals surface area contributed by atoms with Gasteiger partial charge in [0.2, 0.25) is 5.91 Å². The van der Waals surface area contributed by atoms with E-state index in [1.54, 1.807) is 6.07 Å². The zero-order chi connectivity index (χ0) is 20.3. The van der Waals surface area contributed by atoms with Gasteiger partial charge in [-0.1, -0.05) is 24.3 Å². The highest BCUT2D eigenvalue weighted by Crippen LogP contribution is 2.31. The largest absolute Gasteiger partial charge is 0.416 e. The van der Waals surface area contributed by atoms with Gasteiger partial charge < -0.3 is 10.2 Å². The lowest BCUT2D eigenvalue weighted by Crippen LogP contribution is -2.48. The van der Waals surface area contributed by atoms with Crippen LogP contribution < -0.4 is 10.2 Å². The summed E-state index contributed by atoms with van der Waals surface area (Å²) in [5, 5.41) is 2.97. The van der Waals surface area contributed by atoms with Crippen molar-refractivity contribution in [2.24, 2.45) is 0 Å². The number of hydrogen-bond donors (Lipinski definition) is 1. The molecule has 7 heteroatoms. The fourth-order valence-electron chi connectivity index (χ4n) is 3.44. The van der Waals surface area contributed by atoms with E-state index in [1.165, 1.54) is 12.1 Å². The number of benzene rings is 2. The number of amides is 1.